The summed E-state index contributed by atoms with van der Waals surface area (Å²) in [6, 6.07) is 4.46. The van der Waals surface area contributed by atoms with E-state index in [9.17, 15) is 9.18 Å². The third-order valence-corrected chi connectivity index (χ3v) is 3.92. The molecule has 0 atom stereocenters. The summed E-state index contributed by atoms with van der Waals surface area (Å²) in [4.78, 5) is 15.7. The van der Waals surface area contributed by atoms with Gasteiger partial charge < -0.3 is 15.2 Å². The summed E-state index contributed by atoms with van der Waals surface area (Å²) < 4.78 is 24.5. The molecule has 0 radical (unpaired) electrons. The summed E-state index contributed by atoms with van der Waals surface area (Å²) >= 11 is 9.12. The molecule has 0 unspecified atom stereocenters. The molecule has 0 amide bonds. The van der Waals surface area contributed by atoms with Crippen LogP contribution >= 0.6 is 27.5 Å². The molecule has 22 heavy (non-hydrogen) atoms. The lowest BCUT2D eigenvalue weighted by Gasteiger charge is -2.11. The number of nitrogens with two attached hydrogens (primary N) is 1. The van der Waals surface area contributed by atoms with Gasteiger partial charge in [-0.15, -0.1) is 0 Å². The van der Waals surface area contributed by atoms with Gasteiger partial charge in [-0.25, -0.2) is 14.2 Å². The summed E-state index contributed by atoms with van der Waals surface area (Å²) in [5.74, 6) is -1.38. The average Bonchev–Trinajstić information content (AvgIpc) is 2.50. The predicted octanol–water partition coefficient (Wildman–Crippen LogP) is 3.68. The number of carbonyl (C=O) groups is 1. The molecule has 0 aliphatic carbocycles. The van der Waals surface area contributed by atoms with Crippen molar-refractivity contribution in [3.63, 3.8) is 0 Å². The van der Waals surface area contributed by atoms with Crippen LogP contribution in [-0.2, 0) is 4.74 Å². The molecular weight excluding hydrogens is 379 g/mol. The van der Waals surface area contributed by atoms with E-state index in [1.54, 1.807) is 6.07 Å². The fourth-order valence-corrected chi connectivity index (χ4v) is 2.48. The molecule has 0 fully saturated rings. The second-order valence-corrected chi connectivity index (χ2v) is 5.43. The van der Waals surface area contributed by atoms with E-state index < -0.39 is 11.8 Å². The molecule has 0 saturated heterocycles. The van der Waals surface area contributed by atoms with Gasteiger partial charge in [-0.2, -0.15) is 0 Å². The van der Waals surface area contributed by atoms with E-state index in [0.717, 1.165) is 0 Å². The number of esters is 1. The molecular formula is C14H11BrClFN2O3. The van der Waals surface area contributed by atoms with E-state index in [0.29, 0.717) is 4.47 Å². The molecule has 1 heterocycles. The van der Waals surface area contributed by atoms with E-state index in [1.165, 1.54) is 26.4 Å². The second-order valence-electron chi connectivity index (χ2n) is 4.19. The summed E-state index contributed by atoms with van der Waals surface area (Å²) in [6.45, 7) is 0. The number of anilines is 1. The summed E-state index contributed by atoms with van der Waals surface area (Å²) in [5.41, 5.74) is 5.93. The number of pyridine rings is 1. The zero-order valence-corrected chi connectivity index (χ0v) is 14.0. The van der Waals surface area contributed by atoms with Gasteiger partial charge in [0.2, 0.25) is 0 Å². The van der Waals surface area contributed by atoms with Gasteiger partial charge >= 0.3 is 5.97 Å². The Labute approximate surface area is 139 Å². The molecule has 0 aliphatic heterocycles. The lowest BCUT2D eigenvalue weighted by molar-refractivity contribution is 0.0594. The van der Waals surface area contributed by atoms with Crippen molar-refractivity contribution >= 4 is 39.2 Å². The normalized spacial score (nSPS) is 10.4. The van der Waals surface area contributed by atoms with Crippen LogP contribution in [0.1, 0.15) is 10.5 Å². The number of nitrogens with zero attached hydrogens (tertiary/aromatic N) is 1. The Balaban J connectivity index is 2.69. The van der Waals surface area contributed by atoms with Crippen LogP contribution in [0.3, 0.4) is 0 Å². The smallest absolute Gasteiger partial charge is 0.358 e. The monoisotopic (exact) mass is 388 g/mol. The number of rotatable bonds is 3. The van der Waals surface area contributed by atoms with Gasteiger partial charge in [-0.1, -0.05) is 11.6 Å². The van der Waals surface area contributed by atoms with Gasteiger partial charge in [0.05, 0.1) is 35.1 Å². The number of aromatic nitrogens is 1. The first-order chi connectivity index (χ1) is 10.4. The third kappa shape index (κ3) is 2.86. The van der Waals surface area contributed by atoms with Gasteiger partial charge in [-0.05, 0) is 34.1 Å². The minimum Gasteiger partial charge on any atom is -0.492 e. The Morgan fingerprint density at radius 2 is 2.09 bits per heavy atom. The maximum absolute atomic E-state index is 14.5. The van der Waals surface area contributed by atoms with Gasteiger partial charge in [0.1, 0.15) is 0 Å². The van der Waals surface area contributed by atoms with Crippen molar-refractivity contribution in [2.45, 2.75) is 0 Å². The van der Waals surface area contributed by atoms with E-state index in [-0.39, 0.29) is 33.4 Å². The maximum atomic E-state index is 14.5. The SMILES string of the molecule is COC(=O)c1nc(-c2ccc(Br)c(OC)c2F)cc(N)c1Cl. The molecule has 1 aromatic heterocycles. The van der Waals surface area contributed by atoms with Crippen LogP contribution in [0.5, 0.6) is 5.75 Å². The van der Waals surface area contributed by atoms with Gasteiger partial charge in [0.25, 0.3) is 0 Å². The van der Waals surface area contributed by atoms with Crippen molar-refractivity contribution in [1.82, 2.24) is 4.98 Å². The quantitative estimate of drug-likeness (QED) is 0.811. The summed E-state index contributed by atoms with van der Waals surface area (Å²) in [7, 11) is 2.53. The van der Waals surface area contributed by atoms with E-state index in [1.807, 2.05) is 0 Å². The van der Waals surface area contributed by atoms with Gasteiger partial charge in [0.15, 0.2) is 17.3 Å². The maximum Gasteiger partial charge on any atom is 0.358 e. The third-order valence-electron chi connectivity index (χ3n) is 2.89. The second kappa shape index (κ2) is 6.50. The Morgan fingerprint density at radius 1 is 1.41 bits per heavy atom. The number of hydrogen-bond donors (Lipinski definition) is 1. The van der Waals surface area contributed by atoms with Crippen molar-refractivity contribution < 1.29 is 18.7 Å². The topological polar surface area (TPSA) is 74.4 Å². The molecule has 2 N–H and O–H groups in total. The highest BCUT2D eigenvalue weighted by Crippen LogP contribution is 2.36. The molecule has 2 aromatic rings. The fourth-order valence-electron chi connectivity index (χ4n) is 1.84. The lowest BCUT2D eigenvalue weighted by Crippen LogP contribution is -2.08. The predicted molar refractivity (Wildman–Crippen MR) is 84.6 cm³/mol. The molecule has 0 spiro atoms. The number of methoxy groups -OCH3 is 2. The Bertz CT molecular complexity index is 755. The van der Waals surface area contributed by atoms with Crippen molar-refractivity contribution in [3.8, 4) is 17.0 Å². The number of nitrogen functional groups attached to an aromatic ring is 1. The van der Waals surface area contributed by atoms with Crippen LogP contribution in [0.2, 0.25) is 5.02 Å². The number of ether oxygens (including phenoxy) is 2. The first-order valence-corrected chi connectivity index (χ1v) is 7.14. The molecule has 116 valence electrons. The molecule has 2 rings (SSSR count). The highest BCUT2D eigenvalue weighted by molar-refractivity contribution is 9.10. The number of halogens is 3. The Hall–Kier alpha value is -1.86. The van der Waals surface area contributed by atoms with Crippen LogP contribution in [0.25, 0.3) is 11.3 Å². The van der Waals surface area contributed by atoms with E-state index in [2.05, 4.69) is 25.7 Å². The zero-order chi connectivity index (χ0) is 16.4. The van der Waals surface area contributed by atoms with Crippen molar-refractivity contribution in [1.29, 1.82) is 0 Å². The van der Waals surface area contributed by atoms with Crippen molar-refractivity contribution in [3.05, 3.63) is 39.2 Å². The summed E-state index contributed by atoms with van der Waals surface area (Å²) in [5, 5.41) is -0.0416. The average molecular weight is 390 g/mol. The van der Waals surface area contributed by atoms with Crippen molar-refractivity contribution in [2.24, 2.45) is 0 Å². The highest BCUT2D eigenvalue weighted by atomic mass is 79.9. The van der Waals surface area contributed by atoms with Crippen LogP contribution in [0.15, 0.2) is 22.7 Å². The number of benzene rings is 1. The van der Waals surface area contributed by atoms with Crippen LogP contribution in [0.4, 0.5) is 10.1 Å². The Kier molecular flexibility index (Phi) is 4.87. The van der Waals surface area contributed by atoms with Crippen LogP contribution < -0.4 is 10.5 Å². The first kappa shape index (κ1) is 16.5. The van der Waals surface area contributed by atoms with E-state index in [4.69, 9.17) is 22.1 Å². The molecule has 1 aromatic carbocycles. The number of hydrogen-bond acceptors (Lipinski definition) is 5. The molecule has 0 saturated carbocycles. The molecule has 0 bridgehead atoms. The number of carbonyl (C=O) groups excluding carboxylic acids is 1. The fraction of sp³-hybridized carbons (Fsp3) is 0.143. The highest BCUT2D eigenvalue weighted by Gasteiger charge is 2.21. The van der Waals surface area contributed by atoms with E-state index >= 15 is 0 Å². The standard InChI is InChI=1S/C14H11BrClFN2O3/c1-21-13-7(15)4-3-6(11(13)17)9-5-8(18)10(16)12(19-9)14(20)22-2/h3-5H,1-2H3,(H2,18,19). The zero-order valence-electron chi connectivity index (χ0n) is 11.6. The summed E-state index contributed by atoms with van der Waals surface area (Å²) in [6.07, 6.45) is 0. The lowest BCUT2D eigenvalue weighted by atomic mass is 10.1. The van der Waals surface area contributed by atoms with Crippen LogP contribution in [-0.4, -0.2) is 25.2 Å². The first-order valence-electron chi connectivity index (χ1n) is 5.97. The molecule has 0 aliphatic rings. The minimum atomic E-state index is -0.761. The van der Waals surface area contributed by atoms with Gasteiger partial charge in [-0.3, -0.25) is 0 Å². The Morgan fingerprint density at radius 3 is 2.68 bits per heavy atom. The molecule has 8 heteroatoms. The largest absolute Gasteiger partial charge is 0.492 e. The van der Waals surface area contributed by atoms with Crippen molar-refractivity contribution in [2.75, 3.05) is 20.0 Å². The van der Waals surface area contributed by atoms with Crippen LogP contribution in [0, 0.1) is 5.82 Å². The minimum absolute atomic E-state index is 0.0208. The van der Waals surface area contributed by atoms with Gasteiger partial charge in [0, 0.05) is 5.56 Å². The molecule has 5 nitrogen and oxygen atoms in total.